The van der Waals surface area contributed by atoms with Crippen LogP contribution < -0.4 is 14.4 Å². The fourth-order valence-corrected chi connectivity index (χ4v) is 2.50. The molecule has 1 amide bonds. The predicted molar refractivity (Wildman–Crippen MR) is 97.1 cm³/mol. The standard InChI is InChI=1S/C20H23F2NO3/c1-4-6-11-26-18-10-7-14(12-19(18)25-3)20(24)23(5-2)15-8-9-16(21)17(22)13-15/h7-10,12-13H,4-6,11H2,1-3H3. The first-order chi connectivity index (χ1) is 12.5. The highest BCUT2D eigenvalue weighted by molar-refractivity contribution is 6.06. The van der Waals surface area contributed by atoms with E-state index in [2.05, 4.69) is 6.92 Å². The molecule has 0 N–H and O–H groups in total. The minimum Gasteiger partial charge on any atom is -0.493 e. The molecule has 26 heavy (non-hydrogen) atoms. The van der Waals surface area contributed by atoms with Crippen LogP contribution in [0, 0.1) is 11.6 Å². The number of methoxy groups -OCH3 is 1. The zero-order valence-electron chi connectivity index (χ0n) is 15.2. The molecule has 0 aliphatic rings. The number of ether oxygens (including phenoxy) is 2. The van der Waals surface area contributed by atoms with E-state index in [1.165, 1.54) is 18.1 Å². The molecule has 0 spiro atoms. The first-order valence-corrected chi connectivity index (χ1v) is 8.59. The first kappa shape index (κ1) is 19.7. The van der Waals surface area contributed by atoms with Gasteiger partial charge in [-0.15, -0.1) is 0 Å². The van der Waals surface area contributed by atoms with Gasteiger partial charge in [0, 0.05) is 23.9 Å². The molecule has 0 aliphatic heterocycles. The molecule has 0 atom stereocenters. The third-order valence-electron chi connectivity index (χ3n) is 3.94. The van der Waals surface area contributed by atoms with Crippen LogP contribution in [0.3, 0.4) is 0 Å². The number of rotatable bonds is 8. The normalized spacial score (nSPS) is 10.5. The summed E-state index contributed by atoms with van der Waals surface area (Å²) in [7, 11) is 1.50. The van der Waals surface area contributed by atoms with Gasteiger partial charge in [0.05, 0.1) is 13.7 Å². The highest BCUT2D eigenvalue weighted by Gasteiger charge is 2.19. The molecule has 2 aromatic carbocycles. The number of benzene rings is 2. The molecule has 0 radical (unpaired) electrons. The lowest BCUT2D eigenvalue weighted by atomic mass is 10.1. The fourth-order valence-electron chi connectivity index (χ4n) is 2.50. The summed E-state index contributed by atoms with van der Waals surface area (Å²) < 4.78 is 37.6. The number of carbonyl (C=O) groups excluding carboxylic acids is 1. The van der Waals surface area contributed by atoms with Gasteiger partial charge in [-0.2, -0.15) is 0 Å². The number of anilines is 1. The Morgan fingerprint density at radius 1 is 1.04 bits per heavy atom. The van der Waals surface area contributed by atoms with Crippen LogP contribution in [0.5, 0.6) is 11.5 Å². The molecule has 0 unspecified atom stereocenters. The van der Waals surface area contributed by atoms with Gasteiger partial charge in [0.25, 0.3) is 5.91 Å². The van der Waals surface area contributed by atoms with E-state index in [1.54, 1.807) is 25.1 Å². The van der Waals surface area contributed by atoms with E-state index in [0.29, 0.717) is 35.9 Å². The molecule has 6 heteroatoms. The van der Waals surface area contributed by atoms with Gasteiger partial charge in [-0.3, -0.25) is 4.79 Å². The van der Waals surface area contributed by atoms with Gasteiger partial charge in [-0.1, -0.05) is 13.3 Å². The number of hydrogen-bond acceptors (Lipinski definition) is 3. The van der Waals surface area contributed by atoms with Crippen molar-refractivity contribution in [3.05, 3.63) is 53.6 Å². The van der Waals surface area contributed by atoms with Crippen molar-refractivity contribution in [3.63, 3.8) is 0 Å². The molecule has 2 rings (SSSR count). The second-order valence-electron chi connectivity index (χ2n) is 5.72. The molecule has 0 fully saturated rings. The molecule has 2 aromatic rings. The number of hydrogen-bond donors (Lipinski definition) is 0. The van der Waals surface area contributed by atoms with Crippen LogP contribution >= 0.6 is 0 Å². The Kier molecular flexibility index (Phi) is 6.95. The largest absolute Gasteiger partial charge is 0.493 e. The third-order valence-corrected chi connectivity index (χ3v) is 3.94. The van der Waals surface area contributed by atoms with Crippen LogP contribution in [0.2, 0.25) is 0 Å². The lowest BCUT2D eigenvalue weighted by molar-refractivity contribution is 0.0988. The van der Waals surface area contributed by atoms with Crippen LogP contribution in [0.15, 0.2) is 36.4 Å². The van der Waals surface area contributed by atoms with Crippen molar-refractivity contribution in [1.29, 1.82) is 0 Å². The predicted octanol–water partition coefficient (Wildman–Crippen LogP) is 4.82. The maximum atomic E-state index is 13.5. The van der Waals surface area contributed by atoms with Crippen LogP contribution in [0.1, 0.15) is 37.0 Å². The van der Waals surface area contributed by atoms with E-state index in [9.17, 15) is 13.6 Å². The molecule has 0 saturated heterocycles. The highest BCUT2D eigenvalue weighted by Crippen LogP contribution is 2.29. The zero-order valence-corrected chi connectivity index (χ0v) is 15.2. The average Bonchev–Trinajstić information content (AvgIpc) is 2.65. The van der Waals surface area contributed by atoms with Crippen molar-refractivity contribution >= 4 is 11.6 Å². The molecule has 0 aromatic heterocycles. The van der Waals surface area contributed by atoms with Crippen molar-refractivity contribution in [1.82, 2.24) is 0 Å². The van der Waals surface area contributed by atoms with E-state index in [0.717, 1.165) is 25.0 Å². The lowest BCUT2D eigenvalue weighted by Gasteiger charge is -2.22. The number of nitrogens with zero attached hydrogens (tertiary/aromatic N) is 1. The third kappa shape index (κ3) is 4.50. The monoisotopic (exact) mass is 363 g/mol. The van der Waals surface area contributed by atoms with Gasteiger partial charge in [-0.05, 0) is 43.7 Å². The maximum Gasteiger partial charge on any atom is 0.258 e. The second-order valence-corrected chi connectivity index (χ2v) is 5.72. The Balaban J connectivity index is 2.27. The average molecular weight is 363 g/mol. The van der Waals surface area contributed by atoms with Gasteiger partial charge >= 0.3 is 0 Å². The van der Waals surface area contributed by atoms with Crippen LogP contribution in [0.25, 0.3) is 0 Å². The quantitative estimate of drug-likeness (QED) is 0.631. The van der Waals surface area contributed by atoms with Crippen molar-refractivity contribution in [2.24, 2.45) is 0 Å². The van der Waals surface area contributed by atoms with Crippen molar-refractivity contribution < 1.29 is 23.0 Å². The summed E-state index contributed by atoms with van der Waals surface area (Å²) in [6.07, 6.45) is 1.93. The summed E-state index contributed by atoms with van der Waals surface area (Å²) in [6.45, 7) is 4.70. The van der Waals surface area contributed by atoms with E-state index in [1.807, 2.05) is 0 Å². The molecule has 0 bridgehead atoms. The first-order valence-electron chi connectivity index (χ1n) is 8.59. The Bertz CT molecular complexity index is 765. The molecule has 0 heterocycles. The van der Waals surface area contributed by atoms with Crippen molar-refractivity contribution in [3.8, 4) is 11.5 Å². The summed E-state index contributed by atoms with van der Waals surface area (Å²) in [4.78, 5) is 14.2. The molecule has 0 aliphatic carbocycles. The van der Waals surface area contributed by atoms with Crippen molar-refractivity contribution in [2.45, 2.75) is 26.7 Å². The topological polar surface area (TPSA) is 38.8 Å². The van der Waals surface area contributed by atoms with E-state index >= 15 is 0 Å². The number of amides is 1. The van der Waals surface area contributed by atoms with Crippen molar-refractivity contribution in [2.75, 3.05) is 25.2 Å². The van der Waals surface area contributed by atoms with Gasteiger partial charge in [0.2, 0.25) is 0 Å². The van der Waals surface area contributed by atoms with Gasteiger partial charge in [-0.25, -0.2) is 8.78 Å². The molecule has 0 saturated carbocycles. The van der Waals surface area contributed by atoms with E-state index in [-0.39, 0.29) is 5.91 Å². The summed E-state index contributed by atoms with van der Waals surface area (Å²) in [5, 5.41) is 0. The minimum absolute atomic E-state index is 0.290. The van der Waals surface area contributed by atoms with Gasteiger partial charge in [0.15, 0.2) is 23.1 Å². The Morgan fingerprint density at radius 3 is 2.42 bits per heavy atom. The number of carbonyl (C=O) groups is 1. The van der Waals surface area contributed by atoms with Gasteiger partial charge in [0.1, 0.15) is 0 Å². The van der Waals surface area contributed by atoms with Crippen LogP contribution in [-0.2, 0) is 0 Å². The summed E-state index contributed by atoms with van der Waals surface area (Å²) in [6, 6.07) is 8.29. The second kappa shape index (κ2) is 9.17. The summed E-state index contributed by atoms with van der Waals surface area (Å²) in [5.41, 5.74) is 0.662. The maximum absolute atomic E-state index is 13.5. The molecular weight excluding hydrogens is 340 g/mol. The smallest absolute Gasteiger partial charge is 0.258 e. The SMILES string of the molecule is CCCCOc1ccc(C(=O)N(CC)c2ccc(F)c(F)c2)cc1OC. The van der Waals surface area contributed by atoms with E-state index < -0.39 is 11.6 Å². The van der Waals surface area contributed by atoms with Gasteiger partial charge < -0.3 is 14.4 Å². The fraction of sp³-hybridized carbons (Fsp3) is 0.350. The Hall–Kier alpha value is -2.63. The summed E-state index contributed by atoms with van der Waals surface area (Å²) in [5.74, 6) is -1.27. The number of unbranched alkanes of at least 4 members (excludes halogenated alkanes) is 1. The van der Waals surface area contributed by atoms with E-state index in [4.69, 9.17) is 9.47 Å². The summed E-state index contributed by atoms with van der Waals surface area (Å²) >= 11 is 0. The lowest BCUT2D eigenvalue weighted by Crippen LogP contribution is -2.30. The highest BCUT2D eigenvalue weighted by atomic mass is 19.2. The van der Waals surface area contributed by atoms with Crippen LogP contribution in [0.4, 0.5) is 14.5 Å². The Morgan fingerprint density at radius 2 is 1.81 bits per heavy atom. The molecule has 140 valence electrons. The molecule has 4 nitrogen and oxygen atoms in total. The molecular formula is C20H23F2NO3. The van der Waals surface area contributed by atoms with Crippen LogP contribution in [-0.4, -0.2) is 26.2 Å². The number of halogens is 2. The Labute approximate surface area is 152 Å². The minimum atomic E-state index is -0.994. The zero-order chi connectivity index (χ0) is 19.1.